The normalized spacial score (nSPS) is 31.8. The van der Waals surface area contributed by atoms with Gasteiger partial charge in [-0.25, -0.2) is 0 Å². The highest BCUT2D eigenvalue weighted by Crippen LogP contribution is 2.31. The Morgan fingerprint density at radius 1 is 1.33 bits per heavy atom. The van der Waals surface area contributed by atoms with E-state index in [1.165, 1.54) is 50.2 Å². The van der Waals surface area contributed by atoms with Crippen LogP contribution in [0.5, 0.6) is 0 Å². The summed E-state index contributed by atoms with van der Waals surface area (Å²) in [5.74, 6) is 3.53. The molecule has 0 aromatic heterocycles. The zero-order valence-corrected chi connectivity index (χ0v) is 11.5. The van der Waals surface area contributed by atoms with Gasteiger partial charge in [0, 0.05) is 5.54 Å². The highest BCUT2D eigenvalue weighted by Gasteiger charge is 2.28. The summed E-state index contributed by atoms with van der Waals surface area (Å²) in [5, 5.41) is 3.76. The summed E-state index contributed by atoms with van der Waals surface area (Å²) in [5.41, 5.74) is 0.448. The monoisotopic (exact) mass is 229 g/mol. The second-order valence-corrected chi connectivity index (χ2v) is 6.61. The van der Waals surface area contributed by atoms with Gasteiger partial charge in [0.1, 0.15) is 0 Å². The van der Waals surface area contributed by atoms with Gasteiger partial charge in [0.25, 0.3) is 0 Å². The topological polar surface area (TPSA) is 12.0 Å². The molecular formula is C13H27NS. The summed E-state index contributed by atoms with van der Waals surface area (Å²) in [7, 11) is 0. The molecule has 1 nitrogen and oxygen atoms in total. The van der Waals surface area contributed by atoms with Crippen LogP contribution in [-0.2, 0) is 0 Å². The molecule has 0 amide bonds. The average Bonchev–Trinajstić information content (AvgIpc) is 2.23. The third-order valence-electron chi connectivity index (χ3n) is 3.60. The molecule has 0 aromatic carbocycles. The lowest BCUT2D eigenvalue weighted by molar-refractivity contribution is 0.215. The van der Waals surface area contributed by atoms with Crippen molar-refractivity contribution in [3.05, 3.63) is 0 Å². The van der Waals surface area contributed by atoms with E-state index in [-0.39, 0.29) is 0 Å². The zero-order valence-electron chi connectivity index (χ0n) is 10.6. The molecule has 0 spiro atoms. The van der Waals surface area contributed by atoms with E-state index in [0.717, 1.165) is 5.92 Å². The number of nitrogens with one attached hydrogen (secondary N) is 1. The van der Waals surface area contributed by atoms with Crippen LogP contribution < -0.4 is 5.32 Å². The van der Waals surface area contributed by atoms with Crippen LogP contribution in [0.1, 0.15) is 52.9 Å². The van der Waals surface area contributed by atoms with Gasteiger partial charge in [-0.15, -0.1) is 0 Å². The predicted molar refractivity (Wildman–Crippen MR) is 71.7 cm³/mol. The van der Waals surface area contributed by atoms with Crippen LogP contribution in [0.15, 0.2) is 0 Å². The van der Waals surface area contributed by atoms with E-state index in [0.29, 0.717) is 5.54 Å². The van der Waals surface area contributed by atoms with E-state index in [1.807, 2.05) is 0 Å². The maximum absolute atomic E-state index is 3.76. The molecule has 0 radical (unpaired) electrons. The van der Waals surface area contributed by atoms with Gasteiger partial charge >= 0.3 is 0 Å². The third-order valence-corrected chi connectivity index (χ3v) is 4.58. The van der Waals surface area contributed by atoms with Crippen molar-refractivity contribution in [2.45, 2.75) is 58.4 Å². The van der Waals surface area contributed by atoms with Crippen LogP contribution in [-0.4, -0.2) is 23.6 Å². The molecule has 0 bridgehead atoms. The Kier molecular flexibility index (Phi) is 6.06. The fraction of sp³-hybridized carbons (Fsp3) is 1.00. The number of hydrogen-bond donors (Lipinski definition) is 1. The predicted octanol–water partition coefficient (Wildman–Crippen LogP) is 3.69. The molecule has 1 aliphatic rings. The summed E-state index contributed by atoms with van der Waals surface area (Å²) >= 11 is 2.05. The standard InChI is InChI=1S/C13H27NS/c1-4-15-11-5-10-14-13(3)8-6-12(2)7-9-13/h12,14H,4-11H2,1-3H3. The molecule has 15 heavy (non-hydrogen) atoms. The Morgan fingerprint density at radius 2 is 2.00 bits per heavy atom. The fourth-order valence-corrected chi connectivity index (χ4v) is 2.92. The molecular weight excluding hydrogens is 202 g/mol. The lowest BCUT2D eigenvalue weighted by atomic mass is 9.78. The van der Waals surface area contributed by atoms with Crippen molar-refractivity contribution < 1.29 is 0 Å². The molecule has 1 aliphatic carbocycles. The second kappa shape index (κ2) is 6.80. The van der Waals surface area contributed by atoms with Gasteiger partial charge in [0.05, 0.1) is 0 Å². The molecule has 0 saturated heterocycles. The number of hydrogen-bond acceptors (Lipinski definition) is 2. The molecule has 0 unspecified atom stereocenters. The molecule has 1 N–H and O–H groups in total. The van der Waals surface area contributed by atoms with Crippen molar-refractivity contribution in [2.24, 2.45) is 5.92 Å². The van der Waals surface area contributed by atoms with Crippen LogP contribution in [0.3, 0.4) is 0 Å². The SMILES string of the molecule is CCSCCCNC1(C)CCC(C)CC1. The molecule has 1 saturated carbocycles. The maximum atomic E-state index is 3.76. The smallest absolute Gasteiger partial charge is 0.0153 e. The van der Waals surface area contributed by atoms with Crippen LogP contribution in [0.25, 0.3) is 0 Å². The van der Waals surface area contributed by atoms with Crippen molar-refractivity contribution >= 4 is 11.8 Å². The van der Waals surface area contributed by atoms with Crippen molar-refractivity contribution in [3.8, 4) is 0 Å². The molecule has 1 rings (SSSR count). The fourth-order valence-electron chi connectivity index (χ4n) is 2.28. The van der Waals surface area contributed by atoms with Gasteiger partial charge in [-0.2, -0.15) is 11.8 Å². The largest absolute Gasteiger partial charge is 0.311 e. The molecule has 0 heterocycles. The summed E-state index contributed by atoms with van der Waals surface area (Å²) in [4.78, 5) is 0. The van der Waals surface area contributed by atoms with Crippen molar-refractivity contribution in [1.82, 2.24) is 5.32 Å². The third kappa shape index (κ3) is 5.26. The number of rotatable bonds is 6. The molecule has 1 fully saturated rings. The van der Waals surface area contributed by atoms with E-state index in [4.69, 9.17) is 0 Å². The van der Waals surface area contributed by atoms with Gasteiger partial charge in [-0.1, -0.05) is 13.8 Å². The second-order valence-electron chi connectivity index (χ2n) is 5.22. The first-order chi connectivity index (χ1) is 7.16. The quantitative estimate of drug-likeness (QED) is 0.697. The lowest BCUT2D eigenvalue weighted by Gasteiger charge is -2.37. The minimum atomic E-state index is 0.448. The first-order valence-corrected chi connectivity index (χ1v) is 7.64. The van der Waals surface area contributed by atoms with Gasteiger partial charge < -0.3 is 5.32 Å². The first kappa shape index (κ1) is 13.4. The van der Waals surface area contributed by atoms with Crippen LogP contribution >= 0.6 is 11.8 Å². The Hall–Kier alpha value is 0.310. The zero-order chi connectivity index (χ0) is 11.1. The van der Waals surface area contributed by atoms with E-state index in [1.54, 1.807) is 0 Å². The summed E-state index contributed by atoms with van der Waals surface area (Å²) in [6.45, 7) is 8.24. The number of thioether (sulfide) groups is 1. The minimum Gasteiger partial charge on any atom is -0.311 e. The highest BCUT2D eigenvalue weighted by molar-refractivity contribution is 7.99. The lowest BCUT2D eigenvalue weighted by Crippen LogP contribution is -2.45. The molecule has 2 heteroatoms. The summed E-state index contributed by atoms with van der Waals surface area (Å²) < 4.78 is 0. The average molecular weight is 229 g/mol. The Bertz CT molecular complexity index is 162. The van der Waals surface area contributed by atoms with Crippen LogP contribution in [0.2, 0.25) is 0 Å². The first-order valence-electron chi connectivity index (χ1n) is 6.49. The summed E-state index contributed by atoms with van der Waals surface area (Å²) in [6.07, 6.45) is 6.88. The van der Waals surface area contributed by atoms with Gasteiger partial charge in [0.15, 0.2) is 0 Å². The molecule has 0 aromatic rings. The van der Waals surface area contributed by atoms with E-state index in [9.17, 15) is 0 Å². The van der Waals surface area contributed by atoms with Gasteiger partial charge in [0.2, 0.25) is 0 Å². The van der Waals surface area contributed by atoms with Crippen LogP contribution in [0, 0.1) is 5.92 Å². The molecule has 0 aliphatic heterocycles. The summed E-state index contributed by atoms with van der Waals surface area (Å²) in [6, 6.07) is 0. The molecule has 90 valence electrons. The Morgan fingerprint density at radius 3 is 2.60 bits per heavy atom. The highest BCUT2D eigenvalue weighted by atomic mass is 32.2. The van der Waals surface area contributed by atoms with Gasteiger partial charge in [-0.3, -0.25) is 0 Å². The minimum absolute atomic E-state index is 0.448. The van der Waals surface area contributed by atoms with Crippen LogP contribution in [0.4, 0.5) is 0 Å². The van der Waals surface area contributed by atoms with E-state index >= 15 is 0 Å². The Balaban J connectivity index is 2.08. The van der Waals surface area contributed by atoms with Gasteiger partial charge in [-0.05, 0) is 63.0 Å². The van der Waals surface area contributed by atoms with E-state index in [2.05, 4.69) is 37.8 Å². The van der Waals surface area contributed by atoms with Crippen molar-refractivity contribution in [1.29, 1.82) is 0 Å². The Labute approximate surface area is 99.8 Å². The molecule has 0 atom stereocenters. The van der Waals surface area contributed by atoms with Crippen molar-refractivity contribution in [2.75, 3.05) is 18.1 Å². The maximum Gasteiger partial charge on any atom is 0.0153 e. The van der Waals surface area contributed by atoms with E-state index < -0.39 is 0 Å². The van der Waals surface area contributed by atoms with Crippen molar-refractivity contribution in [3.63, 3.8) is 0 Å².